The maximum absolute atomic E-state index is 14.1. The lowest BCUT2D eigenvalue weighted by Gasteiger charge is -2.43. The number of ketones is 3. The summed E-state index contributed by atoms with van der Waals surface area (Å²) in [6.45, 7) is 1.92. The second kappa shape index (κ2) is 5.89. The molecular weight excluding hydrogens is 396 g/mol. The standard InChI is InChI=1S/C29H18O3/c1-14-11-18-21(30)13-19-22(15-7-3-2-4-8-15)29(32)26-17-10-6-5-9-16(17)25-27(26)24(19)23(18)20(12-14)28(25)31/h2-13,22,24,26H,1H3. The van der Waals surface area contributed by atoms with Crippen molar-refractivity contribution in [3.05, 3.63) is 123 Å². The minimum absolute atomic E-state index is 0.0516. The van der Waals surface area contributed by atoms with Crippen molar-refractivity contribution >= 4 is 22.9 Å². The molecule has 0 aliphatic heterocycles. The third-order valence-electron chi connectivity index (χ3n) is 7.47. The van der Waals surface area contributed by atoms with Crippen LogP contribution in [0.15, 0.2) is 84.0 Å². The first kappa shape index (κ1) is 17.8. The first-order chi connectivity index (χ1) is 15.6. The Balaban J connectivity index is 1.62. The number of rotatable bonds is 1. The molecule has 7 rings (SSSR count). The van der Waals surface area contributed by atoms with Gasteiger partial charge in [-0.1, -0.05) is 54.6 Å². The van der Waals surface area contributed by atoms with Crippen molar-refractivity contribution in [3.63, 3.8) is 0 Å². The number of Topliss-reactive ketones (excluding diaryl/α,β-unsaturated/α-hetero) is 2. The molecule has 1 fully saturated rings. The van der Waals surface area contributed by atoms with E-state index in [4.69, 9.17) is 0 Å². The van der Waals surface area contributed by atoms with Crippen LogP contribution in [0.25, 0.3) is 5.57 Å². The number of carbonyl (C=O) groups is 3. The zero-order valence-corrected chi connectivity index (χ0v) is 17.4. The van der Waals surface area contributed by atoms with Crippen molar-refractivity contribution in [1.29, 1.82) is 0 Å². The largest absolute Gasteiger partial charge is 0.298 e. The quantitative estimate of drug-likeness (QED) is 0.542. The summed E-state index contributed by atoms with van der Waals surface area (Å²) in [6.07, 6.45) is 1.67. The Kier molecular flexibility index (Phi) is 3.27. The van der Waals surface area contributed by atoms with E-state index in [0.717, 1.165) is 39.0 Å². The molecule has 0 N–H and O–H groups in total. The Hall–Kier alpha value is -3.85. The number of hydrogen-bond donors (Lipinski definition) is 0. The first-order valence-corrected chi connectivity index (χ1v) is 10.9. The molecule has 0 radical (unpaired) electrons. The van der Waals surface area contributed by atoms with Crippen LogP contribution in [0.1, 0.15) is 66.3 Å². The number of carbonyl (C=O) groups excluding carboxylic acids is 3. The third kappa shape index (κ3) is 1.99. The van der Waals surface area contributed by atoms with Crippen LogP contribution in [-0.2, 0) is 4.79 Å². The van der Waals surface area contributed by atoms with E-state index in [2.05, 4.69) is 0 Å². The Morgan fingerprint density at radius 1 is 0.719 bits per heavy atom. The number of hydrogen-bond acceptors (Lipinski definition) is 3. The lowest BCUT2D eigenvalue weighted by atomic mass is 9.58. The van der Waals surface area contributed by atoms with Crippen LogP contribution in [0.4, 0.5) is 0 Å². The number of allylic oxidation sites excluding steroid dienone is 4. The molecule has 0 amide bonds. The zero-order valence-electron chi connectivity index (χ0n) is 17.4. The summed E-state index contributed by atoms with van der Waals surface area (Å²) in [7, 11) is 0. The molecule has 152 valence electrons. The normalized spacial score (nSPS) is 24.3. The van der Waals surface area contributed by atoms with Gasteiger partial charge >= 0.3 is 0 Å². The number of benzene rings is 3. The van der Waals surface area contributed by atoms with Crippen LogP contribution in [0, 0.1) is 6.92 Å². The van der Waals surface area contributed by atoms with Crippen LogP contribution < -0.4 is 0 Å². The van der Waals surface area contributed by atoms with Crippen molar-refractivity contribution in [3.8, 4) is 0 Å². The monoisotopic (exact) mass is 414 g/mol. The Morgan fingerprint density at radius 2 is 1.44 bits per heavy atom. The van der Waals surface area contributed by atoms with E-state index in [1.54, 1.807) is 6.08 Å². The minimum Gasteiger partial charge on any atom is -0.298 e. The van der Waals surface area contributed by atoms with Gasteiger partial charge in [0.1, 0.15) is 0 Å². The Morgan fingerprint density at radius 3 is 2.25 bits per heavy atom. The summed E-state index contributed by atoms with van der Waals surface area (Å²) in [5.74, 6) is -1.29. The topological polar surface area (TPSA) is 51.2 Å². The average Bonchev–Trinajstić information content (AvgIpc) is 3.15. The van der Waals surface area contributed by atoms with Gasteiger partial charge in [0.05, 0.1) is 11.8 Å². The molecule has 3 aromatic rings. The number of fused-ring (bicyclic) bond motifs is 3. The molecule has 3 nitrogen and oxygen atoms in total. The molecule has 4 aliphatic carbocycles. The maximum Gasteiger partial charge on any atom is 0.194 e. The van der Waals surface area contributed by atoms with Crippen molar-refractivity contribution in [1.82, 2.24) is 0 Å². The van der Waals surface area contributed by atoms with Gasteiger partial charge in [-0.3, -0.25) is 14.4 Å². The van der Waals surface area contributed by atoms with E-state index in [1.807, 2.05) is 73.7 Å². The van der Waals surface area contributed by atoms with E-state index in [9.17, 15) is 14.4 Å². The van der Waals surface area contributed by atoms with Gasteiger partial charge in [-0.05, 0) is 64.1 Å². The third-order valence-corrected chi connectivity index (χ3v) is 7.47. The molecular formula is C29H18O3. The molecule has 3 aromatic carbocycles. The van der Waals surface area contributed by atoms with Gasteiger partial charge in [0.15, 0.2) is 17.3 Å². The fraction of sp³-hybridized carbons (Fsp3) is 0.138. The van der Waals surface area contributed by atoms with E-state index in [1.165, 1.54) is 0 Å². The summed E-state index contributed by atoms with van der Waals surface area (Å²) < 4.78 is 0. The van der Waals surface area contributed by atoms with Gasteiger partial charge in [0.25, 0.3) is 0 Å². The van der Waals surface area contributed by atoms with Crippen LogP contribution in [0.3, 0.4) is 0 Å². The molecule has 3 heteroatoms. The highest BCUT2D eigenvalue weighted by atomic mass is 16.1. The van der Waals surface area contributed by atoms with Crippen LogP contribution in [-0.4, -0.2) is 17.3 Å². The predicted molar refractivity (Wildman–Crippen MR) is 121 cm³/mol. The van der Waals surface area contributed by atoms with E-state index in [0.29, 0.717) is 16.7 Å². The second-order valence-electron chi connectivity index (χ2n) is 9.14. The van der Waals surface area contributed by atoms with Gasteiger partial charge in [-0.25, -0.2) is 0 Å². The predicted octanol–water partition coefficient (Wildman–Crippen LogP) is 5.32. The van der Waals surface area contributed by atoms with Crippen molar-refractivity contribution in [2.24, 2.45) is 0 Å². The lowest BCUT2D eigenvalue weighted by molar-refractivity contribution is -0.121. The summed E-state index contributed by atoms with van der Waals surface area (Å²) in [5.41, 5.74) is 7.95. The average molecular weight is 414 g/mol. The van der Waals surface area contributed by atoms with E-state index in [-0.39, 0.29) is 23.3 Å². The lowest BCUT2D eigenvalue weighted by Crippen LogP contribution is -2.38. The van der Waals surface area contributed by atoms with Gasteiger partial charge < -0.3 is 0 Å². The molecule has 0 aromatic heterocycles. The highest BCUT2D eigenvalue weighted by Gasteiger charge is 2.55. The number of aryl methyl sites for hydroxylation is 1. The van der Waals surface area contributed by atoms with Crippen molar-refractivity contribution in [2.45, 2.75) is 24.7 Å². The molecule has 32 heavy (non-hydrogen) atoms. The first-order valence-electron chi connectivity index (χ1n) is 10.9. The van der Waals surface area contributed by atoms with Crippen LogP contribution in [0.2, 0.25) is 0 Å². The summed E-state index contributed by atoms with van der Waals surface area (Å²) in [4.78, 5) is 41.1. The van der Waals surface area contributed by atoms with Gasteiger partial charge in [-0.2, -0.15) is 0 Å². The molecule has 4 aliphatic rings. The van der Waals surface area contributed by atoms with Gasteiger partial charge in [0, 0.05) is 22.6 Å². The maximum atomic E-state index is 14.1. The molecule has 1 saturated carbocycles. The smallest absolute Gasteiger partial charge is 0.194 e. The molecule has 0 spiro atoms. The minimum atomic E-state index is -0.498. The molecule has 3 atom stereocenters. The zero-order chi connectivity index (χ0) is 21.7. The Labute approximate surface area is 185 Å². The molecule has 0 bridgehead atoms. The summed E-state index contributed by atoms with van der Waals surface area (Å²) in [6, 6.07) is 21.3. The van der Waals surface area contributed by atoms with Crippen LogP contribution >= 0.6 is 0 Å². The fourth-order valence-electron chi connectivity index (χ4n) is 6.35. The fourth-order valence-corrected chi connectivity index (χ4v) is 6.35. The van der Waals surface area contributed by atoms with Crippen molar-refractivity contribution in [2.75, 3.05) is 0 Å². The summed E-state index contributed by atoms with van der Waals surface area (Å²) >= 11 is 0. The van der Waals surface area contributed by atoms with Gasteiger partial charge in [0.2, 0.25) is 0 Å². The summed E-state index contributed by atoms with van der Waals surface area (Å²) in [5, 5.41) is 0. The van der Waals surface area contributed by atoms with Crippen LogP contribution in [0.5, 0.6) is 0 Å². The van der Waals surface area contributed by atoms with Crippen molar-refractivity contribution < 1.29 is 14.4 Å². The highest BCUT2D eigenvalue weighted by Crippen LogP contribution is 2.62. The SMILES string of the molecule is Cc1cc2c3c(c1)C(=O)C1=C4C(C(=O)C(c5ccccc5)C(=CC2=O)C43)c2ccccc21. The molecule has 0 saturated heterocycles. The van der Waals surface area contributed by atoms with E-state index < -0.39 is 11.8 Å². The Bertz CT molecular complexity index is 1480. The van der Waals surface area contributed by atoms with E-state index >= 15 is 0 Å². The molecule has 0 heterocycles. The van der Waals surface area contributed by atoms with Gasteiger partial charge in [-0.15, -0.1) is 0 Å². The second-order valence-corrected chi connectivity index (χ2v) is 9.14. The highest BCUT2D eigenvalue weighted by molar-refractivity contribution is 6.35. The molecule has 3 unspecified atom stereocenters.